The van der Waals surface area contributed by atoms with Gasteiger partial charge in [-0.15, -0.1) is 0 Å². The highest BCUT2D eigenvalue weighted by molar-refractivity contribution is 6.01. The molecule has 0 saturated heterocycles. The predicted molar refractivity (Wildman–Crippen MR) is 342 cm³/mol. The van der Waals surface area contributed by atoms with Crippen LogP contribution in [-0.4, -0.2) is 112 Å². The van der Waals surface area contributed by atoms with Crippen molar-refractivity contribution in [3.63, 3.8) is 0 Å². The maximum atomic E-state index is 15.2. The highest BCUT2D eigenvalue weighted by Crippen LogP contribution is 2.28. The van der Waals surface area contributed by atoms with E-state index in [-0.39, 0.29) is 117 Å². The Balaban J connectivity index is 1.12. The first kappa shape index (κ1) is 65.4. The van der Waals surface area contributed by atoms with E-state index in [1.165, 1.54) is 6.07 Å². The van der Waals surface area contributed by atoms with Gasteiger partial charge in [0.1, 0.15) is 0 Å². The maximum absolute atomic E-state index is 15.2. The number of carbonyl (C=O) groups is 7. The SMILES string of the molecule is CC(C)N(Cc1ccccc1C(=O)N(Cc1ccccc1C(=O)N(Cc1ccccc1C(=O)N(Cc1ccccc1C(=O)N(Cc1ccccc1C(=O)N(Cc1ccccc1C(=O)O)C(C)C)C(C)C)C(C)C)C(C)C)C(C)C)C(=O)c1ccccc1. The van der Waals surface area contributed by atoms with Gasteiger partial charge in [-0.25, -0.2) is 4.79 Å². The highest BCUT2D eigenvalue weighted by atomic mass is 16.4. The second kappa shape index (κ2) is 29.8. The average molecular weight is 1170 g/mol. The van der Waals surface area contributed by atoms with Crippen LogP contribution < -0.4 is 0 Å². The van der Waals surface area contributed by atoms with Gasteiger partial charge in [0.15, 0.2) is 0 Å². The Morgan fingerprint density at radius 3 is 0.632 bits per heavy atom. The van der Waals surface area contributed by atoms with E-state index in [1.807, 2.05) is 174 Å². The van der Waals surface area contributed by atoms with Gasteiger partial charge in [-0.1, -0.05) is 127 Å². The number of carboxylic acids is 1. The van der Waals surface area contributed by atoms with Gasteiger partial charge in [-0.3, -0.25) is 28.8 Å². The molecule has 1 N–H and O–H groups in total. The van der Waals surface area contributed by atoms with E-state index in [4.69, 9.17) is 0 Å². The molecule has 0 saturated carbocycles. The van der Waals surface area contributed by atoms with Gasteiger partial charge in [-0.05, 0) is 165 Å². The lowest BCUT2D eigenvalue weighted by molar-refractivity contribution is 0.0642. The molecule has 6 amide bonds. The molecule has 0 atom stereocenters. The molecular weight excluding hydrogens is 1090 g/mol. The van der Waals surface area contributed by atoms with E-state index in [1.54, 1.807) is 108 Å². The summed E-state index contributed by atoms with van der Waals surface area (Å²) in [5.41, 5.74) is 6.55. The number of hydrogen-bond donors (Lipinski definition) is 1. The van der Waals surface area contributed by atoms with Crippen LogP contribution in [-0.2, 0) is 39.3 Å². The quantitative estimate of drug-likeness (QED) is 0.0592. The lowest BCUT2D eigenvalue weighted by atomic mass is 9.99. The number of rotatable bonds is 25. The van der Waals surface area contributed by atoms with Crippen LogP contribution in [0.3, 0.4) is 0 Å². The molecule has 7 rings (SSSR count). The van der Waals surface area contributed by atoms with Gasteiger partial charge >= 0.3 is 5.97 Å². The number of carbonyl (C=O) groups excluding carboxylic acids is 6. The van der Waals surface area contributed by atoms with Crippen molar-refractivity contribution in [3.8, 4) is 0 Å². The Morgan fingerprint density at radius 2 is 0.425 bits per heavy atom. The van der Waals surface area contributed by atoms with Crippen molar-refractivity contribution in [3.05, 3.63) is 248 Å². The van der Waals surface area contributed by atoms with Crippen molar-refractivity contribution in [2.24, 2.45) is 0 Å². The Kier molecular flexibility index (Phi) is 22.4. The summed E-state index contributed by atoms with van der Waals surface area (Å²) in [4.78, 5) is 111. The first-order valence-electron chi connectivity index (χ1n) is 30.1. The number of aromatic carboxylic acids is 1. The zero-order chi connectivity index (χ0) is 63.2. The Labute approximate surface area is 514 Å². The summed E-state index contributed by atoms with van der Waals surface area (Å²) in [6, 6.07) is 50.5. The third kappa shape index (κ3) is 15.8. The van der Waals surface area contributed by atoms with Crippen LogP contribution in [0.5, 0.6) is 0 Å². The summed E-state index contributed by atoms with van der Waals surface area (Å²) in [6.07, 6.45) is 0. The fourth-order valence-electron chi connectivity index (χ4n) is 10.8. The van der Waals surface area contributed by atoms with Crippen molar-refractivity contribution in [1.82, 2.24) is 29.4 Å². The van der Waals surface area contributed by atoms with Crippen molar-refractivity contribution in [2.45, 2.75) is 159 Å². The normalized spacial score (nSPS) is 11.3. The molecule has 7 aromatic rings. The largest absolute Gasteiger partial charge is 0.478 e. The van der Waals surface area contributed by atoms with Crippen molar-refractivity contribution >= 4 is 41.4 Å². The molecule has 0 fully saturated rings. The molecule has 0 aromatic heterocycles. The van der Waals surface area contributed by atoms with Gasteiger partial charge in [-0.2, -0.15) is 0 Å². The van der Waals surface area contributed by atoms with E-state index < -0.39 is 5.97 Å². The number of hydrogen-bond acceptors (Lipinski definition) is 7. The molecule has 0 aliphatic carbocycles. The van der Waals surface area contributed by atoms with Crippen molar-refractivity contribution in [1.29, 1.82) is 0 Å². The first-order valence-corrected chi connectivity index (χ1v) is 30.1. The Bertz CT molecular complexity index is 3570. The molecule has 454 valence electrons. The fourth-order valence-corrected chi connectivity index (χ4v) is 10.8. The summed E-state index contributed by atoms with van der Waals surface area (Å²) >= 11 is 0. The van der Waals surface area contributed by atoms with E-state index in [0.29, 0.717) is 66.8 Å². The van der Waals surface area contributed by atoms with Crippen LogP contribution >= 0.6 is 0 Å². The molecule has 0 radical (unpaired) electrons. The number of carboxylic acid groups (broad SMARTS) is 1. The Morgan fingerprint density at radius 1 is 0.253 bits per heavy atom. The minimum atomic E-state index is -1.08. The number of nitrogens with zero attached hydrogens (tertiary/aromatic N) is 6. The molecule has 0 aliphatic rings. The minimum Gasteiger partial charge on any atom is -0.478 e. The van der Waals surface area contributed by atoms with Gasteiger partial charge < -0.3 is 34.5 Å². The van der Waals surface area contributed by atoms with Gasteiger partial charge in [0, 0.05) is 109 Å². The summed E-state index contributed by atoms with van der Waals surface area (Å²) in [7, 11) is 0. The van der Waals surface area contributed by atoms with E-state index >= 15 is 14.4 Å². The Hall–Kier alpha value is -9.17. The molecule has 14 heteroatoms. The second-order valence-corrected chi connectivity index (χ2v) is 23.8. The van der Waals surface area contributed by atoms with Gasteiger partial charge in [0.25, 0.3) is 35.4 Å². The lowest BCUT2D eigenvalue weighted by Gasteiger charge is -2.33. The second-order valence-electron chi connectivity index (χ2n) is 23.8. The van der Waals surface area contributed by atoms with Crippen molar-refractivity contribution in [2.75, 3.05) is 0 Å². The topological polar surface area (TPSA) is 159 Å². The van der Waals surface area contributed by atoms with E-state index in [2.05, 4.69) is 0 Å². The predicted octanol–water partition coefficient (Wildman–Crippen LogP) is 13.7. The summed E-state index contributed by atoms with van der Waals surface area (Å²) in [5, 5.41) is 9.93. The minimum absolute atomic E-state index is 0.0758. The lowest BCUT2D eigenvalue weighted by Crippen LogP contribution is -2.41. The molecule has 87 heavy (non-hydrogen) atoms. The average Bonchev–Trinajstić information content (AvgIpc) is 3.49. The zero-order valence-corrected chi connectivity index (χ0v) is 52.4. The van der Waals surface area contributed by atoms with Crippen LogP contribution in [0.2, 0.25) is 0 Å². The number of amides is 6. The van der Waals surface area contributed by atoms with Crippen LogP contribution in [0.25, 0.3) is 0 Å². The third-order valence-corrected chi connectivity index (χ3v) is 15.9. The summed E-state index contributed by atoms with van der Waals surface area (Å²) in [5.74, 6) is -2.55. The monoisotopic (exact) mass is 1170 g/mol. The van der Waals surface area contributed by atoms with Crippen LogP contribution in [0.15, 0.2) is 176 Å². The molecule has 0 unspecified atom stereocenters. The molecule has 0 spiro atoms. The highest BCUT2D eigenvalue weighted by Gasteiger charge is 2.32. The molecule has 0 bridgehead atoms. The first-order chi connectivity index (χ1) is 41.5. The molecular formula is C73H84N6O8. The number of benzene rings is 7. The third-order valence-electron chi connectivity index (χ3n) is 15.9. The molecule has 14 nitrogen and oxygen atoms in total. The smallest absolute Gasteiger partial charge is 0.336 e. The fraction of sp³-hybridized carbons (Fsp3) is 0.329. The molecule has 0 aliphatic heterocycles. The molecule has 0 heterocycles. The summed E-state index contributed by atoms with van der Waals surface area (Å²) in [6.45, 7) is 23.8. The van der Waals surface area contributed by atoms with Crippen molar-refractivity contribution < 1.29 is 38.7 Å². The summed E-state index contributed by atoms with van der Waals surface area (Å²) < 4.78 is 0. The van der Waals surface area contributed by atoms with E-state index in [9.17, 15) is 24.3 Å². The maximum Gasteiger partial charge on any atom is 0.336 e. The standard InChI is InChI=1S/C73H84N6O8/c1-48(2)74(67(80)54-28-14-13-15-29-54)42-55-30-16-22-36-61(55)68(81)75(49(3)4)43-56-31-17-23-37-62(56)69(82)76(50(5)6)44-57-32-18-24-38-63(57)70(83)77(51(7)8)45-58-33-19-25-39-64(58)71(84)78(52(9)10)46-59-34-20-26-40-65(59)72(85)79(53(11)12)47-60-35-21-27-41-66(60)73(86)87/h13-41,48-53H,42-47H2,1-12H3,(H,86,87). The molecule has 7 aromatic carbocycles. The van der Waals surface area contributed by atoms with Crippen LogP contribution in [0, 0.1) is 0 Å². The van der Waals surface area contributed by atoms with Gasteiger partial charge in [0.2, 0.25) is 0 Å². The van der Waals surface area contributed by atoms with E-state index in [0.717, 1.165) is 0 Å². The zero-order valence-electron chi connectivity index (χ0n) is 52.4. The van der Waals surface area contributed by atoms with Gasteiger partial charge in [0.05, 0.1) is 5.56 Å². The van der Waals surface area contributed by atoms with Crippen LogP contribution in [0.4, 0.5) is 0 Å². The van der Waals surface area contributed by atoms with Crippen LogP contribution in [0.1, 0.15) is 189 Å².